The van der Waals surface area contributed by atoms with Gasteiger partial charge in [0, 0.05) is 38.6 Å². The van der Waals surface area contributed by atoms with Crippen molar-refractivity contribution in [1.82, 2.24) is 19.8 Å². The maximum Gasteiger partial charge on any atom is 0.293 e. The summed E-state index contributed by atoms with van der Waals surface area (Å²) in [6, 6.07) is 8.43. The number of anilines is 1. The zero-order valence-corrected chi connectivity index (χ0v) is 19.6. The Kier molecular flexibility index (Phi) is 7.45. The SMILES string of the molecule is CN(CCCNC(=O)C1CCN(c2nc3ccccc3n(C)c2=O)CC1)C1CCCCC1. The number of fused-ring (bicyclic) bond motifs is 1. The second-order valence-electron chi connectivity index (χ2n) is 9.47. The Balaban J connectivity index is 1.24. The minimum Gasteiger partial charge on any atom is -0.356 e. The quantitative estimate of drug-likeness (QED) is 0.672. The molecule has 1 aromatic carbocycles. The second kappa shape index (κ2) is 10.5. The molecule has 1 aliphatic heterocycles. The fourth-order valence-electron chi connectivity index (χ4n) is 5.21. The number of hydrogen-bond donors (Lipinski definition) is 1. The Morgan fingerprint density at radius 3 is 2.59 bits per heavy atom. The van der Waals surface area contributed by atoms with Gasteiger partial charge in [0.2, 0.25) is 5.91 Å². The molecule has 1 aromatic heterocycles. The molecule has 2 aromatic rings. The number of carbonyl (C=O) groups excluding carboxylic acids is 1. The summed E-state index contributed by atoms with van der Waals surface area (Å²) >= 11 is 0. The van der Waals surface area contributed by atoms with Gasteiger partial charge in [-0.2, -0.15) is 0 Å². The van der Waals surface area contributed by atoms with E-state index < -0.39 is 0 Å². The summed E-state index contributed by atoms with van der Waals surface area (Å²) in [6.07, 6.45) is 9.22. The van der Waals surface area contributed by atoms with Crippen LogP contribution in [-0.4, -0.2) is 59.6 Å². The molecule has 2 aliphatic rings. The molecule has 1 aliphatic carbocycles. The summed E-state index contributed by atoms with van der Waals surface area (Å²) in [5.74, 6) is 0.673. The van der Waals surface area contributed by atoms with Gasteiger partial charge in [-0.15, -0.1) is 0 Å². The monoisotopic (exact) mass is 439 g/mol. The summed E-state index contributed by atoms with van der Waals surface area (Å²) in [5.41, 5.74) is 1.58. The third-order valence-corrected chi connectivity index (χ3v) is 7.32. The van der Waals surface area contributed by atoms with Crippen LogP contribution in [0.25, 0.3) is 11.0 Å². The van der Waals surface area contributed by atoms with Crippen LogP contribution in [0.15, 0.2) is 29.1 Å². The van der Waals surface area contributed by atoms with Crippen molar-refractivity contribution in [1.29, 1.82) is 0 Å². The smallest absolute Gasteiger partial charge is 0.293 e. The molecule has 2 heterocycles. The number of carbonyl (C=O) groups is 1. The van der Waals surface area contributed by atoms with Gasteiger partial charge >= 0.3 is 0 Å². The molecule has 7 heteroatoms. The Hall–Kier alpha value is -2.41. The fraction of sp³-hybridized carbons (Fsp3) is 0.640. The number of hydrogen-bond acceptors (Lipinski definition) is 5. The van der Waals surface area contributed by atoms with Crippen molar-refractivity contribution in [2.75, 3.05) is 38.1 Å². The van der Waals surface area contributed by atoms with Crippen LogP contribution in [0.4, 0.5) is 5.82 Å². The lowest BCUT2D eigenvalue weighted by Gasteiger charge is -2.32. The third-order valence-electron chi connectivity index (χ3n) is 7.32. The zero-order valence-electron chi connectivity index (χ0n) is 19.6. The first-order chi connectivity index (χ1) is 15.5. The summed E-state index contributed by atoms with van der Waals surface area (Å²) in [7, 11) is 4.01. The van der Waals surface area contributed by atoms with Gasteiger partial charge in [0.05, 0.1) is 11.0 Å². The normalized spacial score (nSPS) is 18.4. The second-order valence-corrected chi connectivity index (χ2v) is 9.47. The lowest BCUT2D eigenvalue weighted by molar-refractivity contribution is -0.125. The molecule has 1 N–H and O–H groups in total. The van der Waals surface area contributed by atoms with E-state index in [1.54, 1.807) is 11.6 Å². The van der Waals surface area contributed by atoms with Crippen molar-refractivity contribution in [3.05, 3.63) is 34.6 Å². The predicted octanol–water partition coefficient (Wildman–Crippen LogP) is 2.92. The number of piperidine rings is 1. The van der Waals surface area contributed by atoms with Crippen molar-refractivity contribution in [3.63, 3.8) is 0 Å². The molecule has 32 heavy (non-hydrogen) atoms. The number of aromatic nitrogens is 2. The van der Waals surface area contributed by atoms with E-state index in [1.165, 1.54) is 32.1 Å². The highest BCUT2D eigenvalue weighted by Gasteiger charge is 2.27. The van der Waals surface area contributed by atoms with E-state index in [1.807, 2.05) is 29.2 Å². The van der Waals surface area contributed by atoms with Gasteiger partial charge in [-0.05, 0) is 57.8 Å². The van der Waals surface area contributed by atoms with Gasteiger partial charge in [0.15, 0.2) is 5.82 Å². The number of nitrogens with zero attached hydrogens (tertiary/aromatic N) is 4. The Morgan fingerprint density at radius 2 is 1.84 bits per heavy atom. The molecular formula is C25H37N5O2. The summed E-state index contributed by atoms with van der Waals surface area (Å²) in [4.78, 5) is 34.6. The first-order valence-corrected chi connectivity index (χ1v) is 12.2. The van der Waals surface area contributed by atoms with Crippen molar-refractivity contribution >= 4 is 22.8 Å². The molecule has 0 radical (unpaired) electrons. The molecule has 1 amide bonds. The number of rotatable bonds is 7. The average molecular weight is 440 g/mol. The minimum absolute atomic E-state index is 0.0200. The van der Waals surface area contributed by atoms with E-state index in [-0.39, 0.29) is 17.4 Å². The number of benzene rings is 1. The van der Waals surface area contributed by atoms with Crippen molar-refractivity contribution in [2.45, 2.75) is 57.4 Å². The van der Waals surface area contributed by atoms with Gasteiger partial charge in [-0.1, -0.05) is 31.4 Å². The van der Waals surface area contributed by atoms with Crippen LogP contribution in [0.1, 0.15) is 51.4 Å². The lowest BCUT2D eigenvalue weighted by atomic mass is 9.94. The molecule has 0 spiro atoms. The summed E-state index contributed by atoms with van der Waals surface area (Å²) in [5, 5.41) is 3.14. The average Bonchev–Trinajstić information content (AvgIpc) is 2.84. The standard InChI is InChI=1S/C25H37N5O2/c1-28(20-9-4-3-5-10-20)16-8-15-26-24(31)19-13-17-30(18-14-19)23-25(32)29(2)22-12-7-6-11-21(22)27-23/h6-7,11-12,19-20H,3-5,8-10,13-18H2,1-2H3,(H,26,31). The number of nitrogens with one attached hydrogen (secondary N) is 1. The molecule has 0 unspecified atom stereocenters. The first-order valence-electron chi connectivity index (χ1n) is 12.2. The Morgan fingerprint density at radius 1 is 1.12 bits per heavy atom. The van der Waals surface area contributed by atoms with Crippen LogP contribution in [0.2, 0.25) is 0 Å². The largest absolute Gasteiger partial charge is 0.356 e. The molecule has 2 fully saturated rings. The van der Waals surface area contributed by atoms with E-state index in [9.17, 15) is 9.59 Å². The minimum atomic E-state index is -0.0753. The first kappa shape index (κ1) is 22.8. The Labute approximate surface area is 190 Å². The van der Waals surface area contributed by atoms with Crippen molar-refractivity contribution in [3.8, 4) is 0 Å². The van der Waals surface area contributed by atoms with E-state index >= 15 is 0 Å². The molecule has 0 atom stereocenters. The van der Waals surface area contributed by atoms with E-state index in [0.29, 0.717) is 18.9 Å². The van der Waals surface area contributed by atoms with Crippen LogP contribution in [0.3, 0.4) is 0 Å². The van der Waals surface area contributed by atoms with Gasteiger partial charge in [-0.3, -0.25) is 9.59 Å². The van der Waals surface area contributed by atoms with Crippen LogP contribution in [-0.2, 0) is 11.8 Å². The Bertz CT molecular complexity index is 974. The van der Waals surface area contributed by atoms with E-state index in [2.05, 4.69) is 22.2 Å². The molecule has 1 saturated carbocycles. The summed E-state index contributed by atoms with van der Waals surface area (Å²) < 4.78 is 1.67. The van der Waals surface area contributed by atoms with Crippen molar-refractivity contribution in [2.24, 2.45) is 13.0 Å². The molecule has 174 valence electrons. The number of para-hydroxylation sites is 2. The van der Waals surface area contributed by atoms with E-state index in [0.717, 1.165) is 49.4 Å². The van der Waals surface area contributed by atoms with Crippen LogP contribution < -0.4 is 15.8 Å². The highest BCUT2D eigenvalue weighted by atomic mass is 16.2. The topological polar surface area (TPSA) is 70.5 Å². The lowest BCUT2D eigenvalue weighted by Crippen LogP contribution is -2.43. The van der Waals surface area contributed by atoms with Gasteiger partial charge in [-0.25, -0.2) is 4.98 Å². The maximum atomic E-state index is 12.8. The highest BCUT2D eigenvalue weighted by Crippen LogP contribution is 2.23. The molecule has 4 rings (SSSR count). The highest BCUT2D eigenvalue weighted by molar-refractivity contribution is 5.79. The van der Waals surface area contributed by atoms with Crippen LogP contribution in [0.5, 0.6) is 0 Å². The third kappa shape index (κ3) is 5.14. The van der Waals surface area contributed by atoms with Crippen molar-refractivity contribution < 1.29 is 4.79 Å². The molecule has 0 bridgehead atoms. The van der Waals surface area contributed by atoms with Crippen LogP contribution >= 0.6 is 0 Å². The predicted molar refractivity (Wildman–Crippen MR) is 129 cm³/mol. The fourth-order valence-corrected chi connectivity index (χ4v) is 5.21. The zero-order chi connectivity index (χ0) is 22.5. The van der Waals surface area contributed by atoms with Gasteiger partial charge in [0.25, 0.3) is 5.56 Å². The van der Waals surface area contributed by atoms with E-state index in [4.69, 9.17) is 0 Å². The molecular weight excluding hydrogens is 402 g/mol. The number of amides is 1. The van der Waals surface area contributed by atoms with Gasteiger partial charge in [0.1, 0.15) is 0 Å². The summed E-state index contributed by atoms with van der Waals surface area (Å²) in [6.45, 7) is 3.15. The van der Waals surface area contributed by atoms with Gasteiger partial charge < -0.3 is 19.7 Å². The molecule has 7 nitrogen and oxygen atoms in total. The maximum absolute atomic E-state index is 12.8. The van der Waals surface area contributed by atoms with Crippen LogP contribution in [0, 0.1) is 5.92 Å². The molecule has 1 saturated heterocycles. The number of aryl methyl sites for hydroxylation is 1.